The van der Waals surface area contributed by atoms with E-state index in [0.717, 1.165) is 11.8 Å². The summed E-state index contributed by atoms with van der Waals surface area (Å²) in [5.41, 5.74) is 0.884. The van der Waals surface area contributed by atoms with Crippen LogP contribution in [-0.4, -0.2) is 67.2 Å². The Morgan fingerprint density at radius 3 is 2.52 bits per heavy atom. The monoisotopic (exact) mass is 669 g/mol. The summed E-state index contributed by atoms with van der Waals surface area (Å²) in [6.45, 7) is 8.24. The van der Waals surface area contributed by atoms with Crippen molar-refractivity contribution < 1.29 is 32.3 Å². The van der Waals surface area contributed by atoms with E-state index in [1.807, 2.05) is 38.9 Å². The molecule has 1 fully saturated rings. The van der Waals surface area contributed by atoms with Crippen molar-refractivity contribution in [3.8, 4) is 11.3 Å². The average molecular weight is 670 g/mol. The number of carbonyl (C=O) groups is 3. The van der Waals surface area contributed by atoms with Crippen molar-refractivity contribution in [3.63, 3.8) is 0 Å². The molecule has 3 aromatic heterocycles. The third-order valence-electron chi connectivity index (χ3n) is 7.78. The Hall–Kier alpha value is -5.15. The number of alkyl carbamates (subject to hydrolysis) is 1. The van der Waals surface area contributed by atoms with Gasteiger partial charge in [-0.2, -0.15) is 18.3 Å². The largest absolute Gasteiger partial charge is 0.446 e. The van der Waals surface area contributed by atoms with Gasteiger partial charge in [-0.25, -0.2) is 14.8 Å². The number of anilines is 2. The number of benzene rings is 1. The molecule has 3 heterocycles. The third kappa shape index (κ3) is 8.04. The number of imidazole rings is 1. The summed E-state index contributed by atoms with van der Waals surface area (Å²) in [5.74, 6) is -0.241. The quantitative estimate of drug-likeness (QED) is 0.139. The van der Waals surface area contributed by atoms with E-state index in [-0.39, 0.29) is 35.1 Å². The van der Waals surface area contributed by atoms with Crippen LogP contribution in [0.2, 0.25) is 0 Å². The van der Waals surface area contributed by atoms with Gasteiger partial charge in [0, 0.05) is 48.2 Å². The molecule has 1 aliphatic rings. The number of hydrogen-bond acceptors (Lipinski definition) is 8. The van der Waals surface area contributed by atoms with Gasteiger partial charge in [-0.1, -0.05) is 6.92 Å². The minimum absolute atomic E-state index is 0.0990. The summed E-state index contributed by atoms with van der Waals surface area (Å²) < 4.78 is 47.2. The van der Waals surface area contributed by atoms with Gasteiger partial charge in [-0.05, 0) is 70.2 Å². The molecule has 48 heavy (non-hydrogen) atoms. The lowest BCUT2D eigenvalue weighted by Gasteiger charge is -2.34. The normalized spacial score (nSPS) is 16.2. The highest BCUT2D eigenvalue weighted by Crippen LogP contribution is 2.36. The molecule has 0 saturated heterocycles. The van der Waals surface area contributed by atoms with Crippen LogP contribution in [0, 0.1) is 5.92 Å². The number of nitrogens with one attached hydrogen (secondary N) is 5. The topological polar surface area (TPSA) is 167 Å². The number of alkyl halides is 3. The molecule has 5 N–H and O–H groups in total. The fourth-order valence-corrected chi connectivity index (χ4v) is 5.33. The van der Waals surface area contributed by atoms with Crippen molar-refractivity contribution in [1.82, 2.24) is 40.5 Å². The Bertz CT molecular complexity index is 1790. The van der Waals surface area contributed by atoms with Crippen molar-refractivity contribution in [2.75, 3.05) is 18.4 Å². The van der Waals surface area contributed by atoms with E-state index >= 15 is 0 Å². The minimum atomic E-state index is -4.62. The highest BCUT2D eigenvalue weighted by atomic mass is 19.4. The Morgan fingerprint density at radius 1 is 1.06 bits per heavy atom. The zero-order chi connectivity index (χ0) is 34.6. The number of halogens is 3. The number of rotatable bonds is 11. The van der Waals surface area contributed by atoms with Crippen molar-refractivity contribution >= 4 is 35.1 Å². The minimum Gasteiger partial charge on any atom is -0.446 e. The lowest BCUT2D eigenvalue weighted by Crippen LogP contribution is -2.47. The molecule has 4 aromatic rings. The van der Waals surface area contributed by atoms with Gasteiger partial charge in [-0.15, -0.1) is 0 Å². The number of aromatic nitrogens is 5. The Morgan fingerprint density at radius 2 is 1.81 bits per heavy atom. The van der Waals surface area contributed by atoms with Crippen LogP contribution in [-0.2, 0) is 22.1 Å². The highest BCUT2D eigenvalue weighted by Gasteiger charge is 2.38. The average Bonchev–Trinajstić information content (AvgIpc) is 3.65. The van der Waals surface area contributed by atoms with E-state index in [0.29, 0.717) is 61.5 Å². The van der Waals surface area contributed by atoms with Crippen LogP contribution < -0.4 is 21.3 Å². The second kappa shape index (κ2) is 13.9. The molecule has 5 rings (SSSR count). The number of amides is 3. The molecule has 256 valence electrons. The lowest BCUT2D eigenvalue weighted by atomic mass is 9.81. The number of aryl methyl sites for hydroxylation is 1. The molecular weight excluding hydrogens is 631 g/mol. The summed E-state index contributed by atoms with van der Waals surface area (Å²) in [7, 11) is 0. The first kappa shape index (κ1) is 34.2. The highest BCUT2D eigenvalue weighted by molar-refractivity contribution is 5.96. The fraction of sp³-hybridized carbons (Fsp3) is 0.438. The van der Waals surface area contributed by atoms with Crippen LogP contribution >= 0.6 is 0 Å². The van der Waals surface area contributed by atoms with Gasteiger partial charge in [0.15, 0.2) is 11.5 Å². The van der Waals surface area contributed by atoms with Crippen molar-refractivity contribution in [1.29, 1.82) is 0 Å². The molecular formula is C32H38F3N9O4. The number of ether oxygens (including phenoxy) is 1. The molecule has 0 atom stereocenters. The number of fused-ring (bicyclic) bond motifs is 1. The fourth-order valence-electron chi connectivity index (χ4n) is 5.33. The number of nitrogens with zero attached hydrogens (tertiary/aromatic N) is 4. The van der Waals surface area contributed by atoms with E-state index in [9.17, 15) is 27.6 Å². The molecule has 0 bridgehead atoms. The Labute approximate surface area is 274 Å². The second-order valence-corrected chi connectivity index (χ2v) is 12.6. The molecule has 1 aromatic carbocycles. The van der Waals surface area contributed by atoms with Gasteiger partial charge < -0.3 is 26.0 Å². The van der Waals surface area contributed by atoms with E-state index in [1.165, 1.54) is 23.0 Å². The number of H-pyrrole nitrogens is 1. The van der Waals surface area contributed by atoms with Gasteiger partial charge in [-0.3, -0.25) is 19.1 Å². The maximum atomic E-state index is 13.5. The zero-order valence-electron chi connectivity index (χ0n) is 27.0. The zero-order valence-corrected chi connectivity index (χ0v) is 27.0. The molecule has 1 saturated carbocycles. The molecule has 13 nitrogen and oxygen atoms in total. The Kier molecular flexibility index (Phi) is 9.91. The van der Waals surface area contributed by atoms with Crippen LogP contribution in [0.3, 0.4) is 0 Å². The van der Waals surface area contributed by atoms with E-state index in [1.54, 1.807) is 12.1 Å². The molecule has 16 heteroatoms. The van der Waals surface area contributed by atoms with Gasteiger partial charge in [0.05, 0.1) is 23.7 Å². The van der Waals surface area contributed by atoms with Crippen LogP contribution in [0.5, 0.6) is 0 Å². The van der Waals surface area contributed by atoms with Crippen molar-refractivity contribution in [2.45, 2.75) is 71.2 Å². The summed E-state index contributed by atoms with van der Waals surface area (Å²) in [6, 6.07) is 5.21. The van der Waals surface area contributed by atoms with E-state index in [4.69, 9.17) is 4.74 Å². The van der Waals surface area contributed by atoms with Crippen LogP contribution in [0.4, 0.5) is 29.5 Å². The standard InChI is InChI=1S/C32H38F3N9O4/c1-5-18-13-20(41-26-27-39-17-24(44(27)12-11-36-26)23-16-40-43-25(23)32(33,34)35)7-8-22(18)29(46)38-10-6-9-37-28(45)19-14-21(15-19)48-30(47)42-31(2,3)4/h7-8,11-13,16-17,19,21H,5-6,9-10,14-15H2,1-4H3,(H,36,41)(H,37,45)(H,38,46)(H,40,43)(H,42,47). The predicted octanol–water partition coefficient (Wildman–Crippen LogP) is 4.98. The number of carbonyl (C=O) groups excluding carboxylic acids is 3. The summed E-state index contributed by atoms with van der Waals surface area (Å²) >= 11 is 0. The van der Waals surface area contributed by atoms with Crippen LogP contribution in [0.1, 0.15) is 68.6 Å². The van der Waals surface area contributed by atoms with Crippen LogP contribution in [0.25, 0.3) is 16.9 Å². The molecule has 0 unspecified atom stereocenters. The van der Waals surface area contributed by atoms with Gasteiger partial charge in [0.2, 0.25) is 5.91 Å². The van der Waals surface area contributed by atoms with Gasteiger partial charge >= 0.3 is 12.3 Å². The third-order valence-corrected chi connectivity index (χ3v) is 7.78. The molecule has 1 aliphatic carbocycles. The molecule has 3 amide bonds. The van der Waals surface area contributed by atoms with Crippen LogP contribution in [0.15, 0.2) is 43.0 Å². The molecule has 0 spiro atoms. The van der Waals surface area contributed by atoms with Crippen molar-refractivity contribution in [3.05, 3.63) is 59.8 Å². The Balaban J connectivity index is 1.11. The summed E-state index contributed by atoms with van der Waals surface area (Å²) in [5, 5.41) is 17.2. The van der Waals surface area contributed by atoms with E-state index in [2.05, 4.69) is 36.3 Å². The van der Waals surface area contributed by atoms with Gasteiger partial charge in [0.1, 0.15) is 11.8 Å². The molecule has 0 radical (unpaired) electrons. The first-order valence-corrected chi connectivity index (χ1v) is 15.6. The maximum Gasteiger partial charge on any atom is 0.433 e. The van der Waals surface area contributed by atoms with E-state index < -0.39 is 23.5 Å². The first-order valence-electron chi connectivity index (χ1n) is 15.6. The summed E-state index contributed by atoms with van der Waals surface area (Å²) in [4.78, 5) is 45.9. The smallest absolute Gasteiger partial charge is 0.433 e. The maximum absolute atomic E-state index is 13.5. The first-order chi connectivity index (χ1) is 22.7. The number of hydrogen-bond donors (Lipinski definition) is 5. The SMILES string of the molecule is CCc1cc(Nc2nccn3c(-c4cn[nH]c4C(F)(F)F)cnc23)ccc1C(=O)NCCCNC(=O)C1CC(OC(=O)NC(C)(C)C)C1. The van der Waals surface area contributed by atoms with Gasteiger partial charge in [0.25, 0.3) is 5.91 Å². The lowest BCUT2D eigenvalue weighted by molar-refractivity contribution is -0.140. The molecule has 0 aliphatic heterocycles. The second-order valence-electron chi connectivity index (χ2n) is 12.6. The van der Waals surface area contributed by atoms with Crippen molar-refractivity contribution in [2.24, 2.45) is 5.92 Å². The number of aromatic amines is 1. The summed E-state index contributed by atoms with van der Waals surface area (Å²) in [6.07, 6.45) is 2.07. The predicted molar refractivity (Wildman–Crippen MR) is 171 cm³/mol.